The van der Waals surface area contributed by atoms with Crippen LogP contribution in [0.5, 0.6) is 0 Å². The minimum Gasteiger partial charge on any atom is -0.320 e. The zero-order valence-electron chi connectivity index (χ0n) is 7.28. The third kappa shape index (κ3) is 2.82. The third-order valence-electron chi connectivity index (χ3n) is 1.49. The van der Waals surface area contributed by atoms with E-state index in [-0.39, 0.29) is 10.2 Å². The van der Waals surface area contributed by atoms with Gasteiger partial charge in [-0.1, -0.05) is 6.58 Å². The second-order valence-corrected chi connectivity index (χ2v) is 3.41. The van der Waals surface area contributed by atoms with Crippen LogP contribution in [0, 0.1) is 11.6 Å². The normalized spacial score (nSPS) is 9.87. The summed E-state index contributed by atoms with van der Waals surface area (Å²) in [5.74, 6) is -4.17. The fraction of sp³-hybridized carbons (Fsp3) is 0. The van der Waals surface area contributed by atoms with E-state index in [9.17, 15) is 18.0 Å². The SMILES string of the molecule is C=C(F)C(=O)Nc1cc(F)c(Br)c(F)c1. The van der Waals surface area contributed by atoms with Gasteiger partial charge in [0.15, 0.2) is 5.83 Å². The van der Waals surface area contributed by atoms with Crippen molar-refractivity contribution in [2.24, 2.45) is 0 Å². The lowest BCUT2D eigenvalue weighted by molar-refractivity contribution is -0.114. The van der Waals surface area contributed by atoms with Gasteiger partial charge >= 0.3 is 0 Å². The third-order valence-corrected chi connectivity index (χ3v) is 2.25. The molecule has 0 radical (unpaired) electrons. The molecule has 0 unspecified atom stereocenters. The Morgan fingerprint density at radius 1 is 1.33 bits per heavy atom. The molecule has 0 spiro atoms. The van der Waals surface area contributed by atoms with Gasteiger partial charge in [0.2, 0.25) is 0 Å². The average molecular weight is 280 g/mol. The van der Waals surface area contributed by atoms with E-state index >= 15 is 0 Å². The summed E-state index contributed by atoms with van der Waals surface area (Å²) < 4.78 is 37.8. The second kappa shape index (κ2) is 4.48. The first-order valence-electron chi connectivity index (χ1n) is 3.72. The predicted molar refractivity (Wildman–Crippen MR) is 52.9 cm³/mol. The van der Waals surface area contributed by atoms with Gasteiger partial charge in [-0.3, -0.25) is 4.79 Å². The first kappa shape index (κ1) is 11.8. The zero-order chi connectivity index (χ0) is 11.6. The van der Waals surface area contributed by atoms with Crippen LogP contribution >= 0.6 is 15.9 Å². The fourth-order valence-corrected chi connectivity index (χ4v) is 1.06. The topological polar surface area (TPSA) is 29.1 Å². The Labute approximate surface area is 91.9 Å². The van der Waals surface area contributed by atoms with E-state index in [1.165, 1.54) is 0 Å². The van der Waals surface area contributed by atoms with Crippen LogP contribution in [-0.4, -0.2) is 5.91 Å². The van der Waals surface area contributed by atoms with Gasteiger partial charge in [-0.05, 0) is 28.1 Å². The monoisotopic (exact) mass is 279 g/mol. The maximum Gasteiger partial charge on any atom is 0.283 e. The Bertz CT molecular complexity index is 410. The highest BCUT2D eigenvalue weighted by molar-refractivity contribution is 9.10. The number of anilines is 1. The first-order valence-corrected chi connectivity index (χ1v) is 4.51. The van der Waals surface area contributed by atoms with Crippen LogP contribution in [0.4, 0.5) is 18.9 Å². The number of halogens is 4. The Morgan fingerprint density at radius 2 is 1.80 bits per heavy atom. The number of hydrogen-bond donors (Lipinski definition) is 1. The van der Waals surface area contributed by atoms with E-state index in [0.29, 0.717) is 0 Å². The maximum atomic E-state index is 12.9. The molecule has 0 atom stereocenters. The van der Waals surface area contributed by atoms with Gasteiger partial charge in [0, 0.05) is 5.69 Å². The number of carbonyl (C=O) groups is 1. The van der Waals surface area contributed by atoms with Gasteiger partial charge in [-0.25, -0.2) is 13.2 Å². The Balaban J connectivity index is 2.98. The van der Waals surface area contributed by atoms with Crippen LogP contribution in [0.15, 0.2) is 29.0 Å². The van der Waals surface area contributed by atoms with Crippen LogP contribution in [0.1, 0.15) is 0 Å². The van der Waals surface area contributed by atoms with Gasteiger partial charge in [0.25, 0.3) is 5.91 Å². The van der Waals surface area contributed by atoms with Crippen molar-refractivity contribution in [1.82, 2.24) is 0 Å². The van der Waals surface area contributed by atoms with Gasteiger partial charge in [0.05, 0.1) is 4.47 Å². The first-order chi connectivity index (χ1) is 6.91. The van der Waals surface area contributed by atoms with E-state index in [0.717, 1.165) is 12.1 Å². The number of nitrogens with one attached hydrogen (secondary N) is 1. The zero-order valence-corrected chi connectivity index (χ0v) is 8.87. The molecule has 2 nitrogen and oxygen atoms in total. The largest absolute Gasteiger partial charge is 0.320 e. The average Bonchev–Trinajstić information content (AvgIpc) is 2.13. The minimum absolute atomic E-state index is 0.183. The Morgan fingerprint density at radius 3 is 2.20 bits per heavy atom. The van der Waals surface area contributed by atoms with Crippen LogP contribution in [0.25, 0.3) is 0 Å². The van der Waals surface area contributed by atoms with E-state index in [1.54, 1.807) is 0 Å². The van der Waals surface area contributed by atoms with Crippen LogP contribution in [0.2, 0.25) is 0 Å². The van der Waals surface area contributed by atoms with E-state index in [1.807, 2.05) is 5.32 Å². The molecule has 1 N–H and O–H groups in total. The smallest absolute Gasteiger partial charge is 0.283 e. The molecule has 0 aliphatic heterocycles. The lowest BCUT2D eigenvalue weighted by Crippen LogP contribution is -2.11. The molecule has 80 valence electrons. The standard InChI is InChI=1S/C9H5BrF3NO/c1-4(11)9(15)14-5-2-6(12)8(10)7(13)3-5/h2-3H,1H2,(H,14,15). The minimum atomic E-state index is -1.24. The Hall–Kier alpha value is -1.30. The molecule has 1 amide bonds. The van der Waals surface area contributed by atoms with Crippen molar-refractivity contribution in [3.05, 3.63) is 40.6 Å². The molecule has 1 aromatic carbocycles. The molecule has 0 aliphatic carbocycles. The molecular weight excluding hydrogens is 275 g/mol. The molecule has 15 heavy (non-hydrogen) atoms. The molecule has 0 saturated carbocycles. The van der Waals surface area contributed by atoms with Crippen molar-refractivity contribution in [3.8, 4) is 0 Å². The van der Waals surface area contributed by atoms with Crippen molar-refractivity contribution >= 4 is 27.5 Å². The van der Waals surface area contributed by atoms with Crippen LogP contribution < -0.4 is 5.32 Å². The van der Waals surface area contributed by atoms with E-state index in [2.05, 4.69) is 22.5 Å². The molecule has 1 rings (SSSR count). The number of amides is 1. The van der Waals surface area contributed by atoms with Crippen molar-refractivity contribution in [3.63, 3.8) is 0 Å². The molecular formula is C9H5BrF3NO. The van der Waals surface area contributed by atoms with Gasteiger partial charge in [-0.2, -0.15) is 0 Å². The van der Waals surface area contributed by atoms with Crippen LogP contribution in [-0.2, 0) is 4.79 Å². The molecule has 0 heterocycles. The van der Waals surface area contributed by atoms with Crippen molar-refractivity contribution in [2.75, 3.05) is 5.32 Å². The predicted octanol–water partition coefficient (Wildman–Crippen LogP) is 3.15. The number of benzene rings is 1. The lowest BCUT2D eigenvalue weighted by atomic mass is 10.3. The molecule has 0 fully saturated rings. The van der Waals surface area contributed by atoms with Crippen LogP contribution in [0.3, 0.4) is 0 Å². The van der Waals surface area contributed by atoms with E-state index < -0.39 is 23.4 Å². The van der Waals surface area contributed by atoms with E-state index in [4.69, 9.17) is 0 Å². The number of carbonyl (C=O) groups excluding carboxylic acids is 1. The summed E-state index contributed by atoms with van der Waals surface area (Å²) >= 11 is 2.65. The summed E-state index contributed by atoms with van der Waals surface area (Å²) in [6.45, 7) is 2.74. The number of hydrogen-bond acceptors (Lipinski definition) is 1. The van der Waals surface area contributed by atoms with Gasteiger partial charge in [0.1, 0.15) is 11.6 Å². The fourth-order valence-electron chi connectivity index (χ4n) is 0.827. The molecule has 0 bridgehead atoms. The highest BCUT2D eigenvalue weighted by Crippen LogP contribution is 2.23. The lowest BCUT2D eigenvalue weighted by Gasteiger charge is -2.04. The highest BCUT2D eigenvalue weighted by atomic mass is 79.9. The second-order valence-electron chi connectivity index (χ2n) is 2.61. The van der Waals surface area contributed by atoms with Gasteiger partial charge in [-0.15, -0.1) is 0 Å². The molecule has 0 saturated heterocycles. The summed E-state index contributed by atoms with van der Waals surface area (Å²) in [6, 6.07) is 1.71. The summed E-state index contributed by atoms with van der Waals surface area (Å²) in [5, 5.41) is 1.94. The van der Waals surface area contributed by atoms with Gasteiger partial charge < -0.3 is 5.32 Å². The molecule has 1 aromatic rings. The van der Waals surface area contributed by atoms with Crippen molar-refractivity contribution in [1.29, 1.82) is 0 Å². The molecule has 0 aliphatic rings. The summed E-state index contributed by atoms with van der Waals surface area (Å²) in [6.07, 6.45) is 0. The summed E-state index contributed by atoms with van der Waals surface area (Å²) in [4.78, 5) is 10.8. The Kier molecular flexibility index (Phi) is 3.52. The quantitative estimate of drug-likeness (QED) is 0.654. The maximum absolute atomic E-state index is 12.9. The summed E-state index contributed by atoms with van der Waals surface area (Å²) in [5.41, 5.74) is -0.183. The highest BCUT2D eigenvalue weighted by Gasteiger charge is 2.11. The van der Waals surface area contributed by atoms with Crippen molar-refractivity contribution in [2.45, 2.75) is 0 Å². The number of rotatable bonds is 2. The van der Waals surface area contributed by atoms with Crippen molar-refractivity contribution < 1.29 is 18.0 Å². The molecule has 6 heteroatoms. The molecule has 0 aromatic heterocycles. The summed E-state index contributed by atoms with van der Waals surface area (Å²) in [7, 11) is 0.